The van der Waals surface area contributed by atoms with Crippen LogP contribution in [0.15, 0.2) is 110 Å². The fourth-order valence-corrected chi connectivity index (χ4v) is 6.84. The summed E-state index contributed by atoms with van der Waals surface area (Å²) < 4.78 is 7.44. The van der Waals surface area contributed by atoms with Crippen LogP contribution in [0.5, 0.6) is 0 Å². The quantitative estimate of drug-likeness (QED) is 0.120. The summed E-state index contributed by atoms with van der Waals surface area (Å²) in [4.78, 5) is 29.3. The van der Waals surface area contributed by atoms with Gasteiger partial charge in [-0.25, -0.2) is 19.7 Å². The number of nitrogens with zero attached hydrogens (tertiary/aromatic N) is 5. The van der Waals surface area contributed by atoms with Crippen LogP contribution in [0.3, 0.4) is 0 Å². The molecular formula is C38H39Cl3I2N6O4. The van der Waals surface area contributed by atoms with Crippen LogP contribution in [0.25, 0.3) is 0 Å². The molecule has 0 bridgehead atoms. The summed E-state index contributed by atoms with van der Waals surface area (Å²) in [5.74, 6) is 0. The minimum atomic E-state index is -0.983. The summed E-state index contributed by atoms with van der Waals surface area (Å²) >= 11 is 21.3. The smallest absolute Gasteiger partial charge is 0.410 e. The number of likely N-dealkylation sites (tertiary alicyclic amines) is 1. The molecule has 2 aliphatic rings. The van der Waals surface area contributed by atoms with Crippen LogP contribution in [-0.4, -0.2) is 67.3 Å². The van der Waals surface area contributed by atoms with E-state index < -0.39 is 11.2 Å². The number of hydrogen-bond acceptors (Lipinski definition) is 9. The summed E-state index contributed by atoms with van der Waals surface area (Å²) in [6.45, 7) is 2.90. The largest absolute Gasteiger partial charge is 0.445 e. The van der Waals surface area contributed by atoms with Crippen molar-refractivity contribution in [3.63, 3.8) is 0 Å². The molecule has 3 N–H and O–H groups in total. The molecule has 0 spiro atoms. The van der Waals surface area contributed by atoms with Gasteiger partial charge in [0.25, 0.3) is 0 Å². The van der Waals surface area contributed by atoms with E-state index in [-0.39, 0.29) is 12.7 Å². The number of aromatic nitrogens is 4. The monoisotopic (exact) mass is 1000 g/mol. The minimum Gasteiger partial charge on any atom is -0.445 e. The van der Waals surface area contributed by atoms with Crippen molar-refractivity contribution in [3.05, 3.63) is 149 Å². The second kappa shape index (κ2) is 22.0. The minimum absolute atomic E-state index is 0.250. The number of amides is 1. The molecule has 0 unspecified atom stereocenters. The van der Waals surface area contributed by atoms with E-state index in [1.54, 1.807) is 48.0 Å². The van der Waals surface area contributed by atoms with E-state index >= 15 is 0 Å². The van der Waals surface area contributed by atoms with Crippen LogP contribution in [0, 0.1) is 7.14 Å². The van der Waals surface area contributed by atoms with Gasteiger partial charge in [0.05, 0.1) is 14.8 Å². The third-order valence-electron chi connectivity index (χ3n) is 8.37. The lowest BCUT2D eigenvalue weighted by molar-refractivity contribution is -0.0255. The van der Waals surface area contributed by atoms with E-state index in [2.05, 4.69) is 70.4 Å². The zero-order valence-electron chi connectivity index (χ0n) is 28.6. The van der Waals surface area contributed by atoms with Crippen LogP contribution in [-0.2, 0) is 22.5 Å². The Hall–Kier alpha value is -2.70. The third kappa shape index (κ3) is 14.5. The maximum atomic E-state index is 12.2. The molecule has 2 aliphatic heterocycles. The van der Waals surface area contributed by atoms with Gasteiger partial charge in [-0.3, -0.25) is 4.98 Å². The fourth-order valence-electron chi connectivity index (χ4n) is 5.39. The Morgan fingerprint density at radius 3 is 1.89 bits per heavy atom. The molecule has 2 fully saturated rings. The van der Waals surface area contributed by atoms with Crippen molar-refractivity contribution < 1.29 is 19.7 Å². The van der Waals surface area contributed by atoms with Crippen molar-refractivity contribution in [2.75, 3.05) is 26.2 Å². The average molecular weight is 1000 g/mol. The van der Waals surface area contributed by atoms with Gasteiger partial charge in [-0.15, -0.1) is 0 Å². The van der Waals surface area contributed by atoms with E-state index in [0.717, 1.165) is 49.8 Å². The Balaban J connectivity index is 0.000000179. The lowest BCUT2D eigenvalue weighted by Crippen LogP contribution is -2.45. The van der Waals surface area contributed by atoms with Crippen molar-refractivity contribution >= 4 is 86.1 Å². The molecular weight excluding hydrogens is 965 g/mol. The molecule has 4 aromatic heterocycles. The second-order valence-corrected chi connectivity index (χ2v) is 15.6. The van der Waals surface area contributed by atoms with Crippen molar-refractivity contribution in [2.45, 2.75) is 43.5 Å². The van der Waals surface area contributed by atoms with Gasteiger partial charge in [0.2, 0.25) is 0 Å². The topological polar surface area (TPSA) is 134 Å². The normalized spacial score (nSPS) is 15.6. The van der Waals surface area contributed by atoms with Crippen LogP contribution in [0.4, 0.5) is 4.79 Å². The number of nitrogens with one attached hydrogen (secondary N) is 1. The van der Waals surface area contributed by atoms with Crippen LogP contribution >= 0.6 is 80.0 Å². The number of pyridine rings is 4. The first-order chi connectivity index (χ1) is 25.5. The standard InChI is InChI=1S/C18H19ClN2O3.C10H14N2O.2C5H3ClIN/c19-16-12-15(6-9-20-16)18(23)7-10-21(11-8-18)17(22)24-13-14-4-2-1-3-5-14;13-10(3-7-12-8-4-10)9-1-5-11-6-2-9;6-5-3-4(7)1-2-8-5;6-5-4(7)2-1-3-8-5/h1-6,9,12,23H,7-8,10-11,13H2;1-2,5-6,12-13H,3-4,7-8H2;2*1-3H. The number of halogens is 5. The molecule has 1 amide bonds. The molecule has 0 saturated carbocycles. The highest BCUT2D eigenvalue weighted by atomic mass is 127. The number of carbonyl (C=O) groups excluding carboxylic acids is 1. The molecule has 1 aromatic carbocycles. The number of carbonyl (C=O) groups is 1. The van der Waals surface area contributed by atoms with Crippen LogP contribution < -0.4 is 5.32 Å². The van der Waals surface area contributed by atoms with Gasteiger partial charge >= 0.3 is 6.09 Å². The highest BCUT2D eigenvalue weighted by Crippen LogP contribution is 2.34. The maximum Gasteiger partial charge on any atom is 0.410 e. The lowest BCUT2D eigenvalue weighted by Gasteiger charge is -2.38. The Bertz CT molecular complexity index is 1810. The first-order valence-corrected chi connectivity index (χ1v) is 19.9. The zero-order chi connectivity index (χ0) is 38.1. The zero-order valence-corrected chi connectivity index (χ0v) is 35.2. The Kier molecular flexibility index (Phi) is 17.9. The van der Waals surface area contributed by atoms with Crippen molar-refractivity contribution in [2.24, 2.45) is 0 Å². The molecule has 0 aliphatic carbocycles. The number of aliphatic hydroxyl groups is 2. The van der Waals surface area contributed by atoms with Gasteiger partial charge < -0.3 is 25.2 Å². The number of piperidine rings is 2. The van der Waals surface area contributed by atoms with Gasteiger partial charge in [-0.05, 0) is 149 Å². The van der Waals surface area contributed by atoms with E-state index in [1.165, 1.54) is 0 Å². The molecule has 15 heteroatoms. The van der Waals surface area contributed by atoms with Gasteiger partial charge in [0.15, 0.2) is 0 Å². The van der Waals surface area contributed by atoms with Gasteiger partial charge in [0, 0.05) is 47.6 Å². The summed E-state index contributed by atoms with van der Waals surface area (Å²) in [7, 11) is 0. The maximum absolute atomic E-state index is 12.2. The van der Waals surface area contributed by atoms with Crippen molar-refractivity contribution in [1.29, 1.82) is 0 Å². The predicted molar refractivity (Wildman–Crippen MR) is 225 cm³/mol. The highest BCUT2D eigenvalue weighted by molar-refractivity contribution is 14.1. The molecule has 53 heavy (non-hydrogen) atoms. The molecule has 0 radical (unpaired) electrons. The molecule has 10 nitrogen and oxygen atoms in total. The Labute approximate surface area is 352 Å². The van der Waals surface area contributed by atoms with Gasteiger partial charge in [-0.2, -0.15) is 0 Å². The SMILES string of the molecule is Clc1cc(I)ccn1.Clc1ncccc1I.O=C(OCc1ccccc1)N1CCC(O)(c2ccnc(Cl)c2)CC1.OC1(c2ccncc2)CCNCC1. The first kappa shape index (κ1) is 43.0. The number of benzene rings is 1. The lowest BCUT2D eigenvalue weighted by atomic mass is 9.85. The van der Waals surface area contributed by atoms with E-state index in [1.807, 2.05) is 66.7 Å². The summed E-state index contributed by atoms with van der Waals surface area (Å²) in [5.41, 5.74) is 1.06. The number of ether oxygens (including phenoxy) is 1. The van der Waals surface area contributed by atoms with E-state index in [0.29, 0.717) is 41.4 Å². The molecule has 6 heterocycles. The van der Waals surface area contributed by atoms with Crippen molar-refractivity contribution in [3.8, 4) is 0 Å². The van der Waals surface area contributed by atoms with Crippen LogP contribution in [0.1, 0.15) is 42.4 Å². The average Bonchev–Trinajstić information content (AvgIpc) is 3.17. The molecule has 280 valence electrons. The third-order valence-corrected chi connectivity index (χ3v) is 10.9. The summed E-state index contributed by atoms with van der Waals surface area (Å²) in [6.07, 6.45) is 10.5. The number of rotatable bonds is 4. The highest BCUT2D eigenvalue weighted by Gasteiger charge is 2.36. The van der Waals surface area contributed by atoms with Crippen molar-refractivity contribution in [1.82, 2.24) is 30.2 Å². The van der Waals surface area contributed by atoms with E-state index in [9.17, 15) is 15.0 Å². The van der Waals surface area contributed by atoms with Crippen LogP contribution in [0.2, 0.25) is 15.5 Å². The van der Waals surface area contributed by atoms with Gasteiger partial charge in [0.1, 0.15) is 22.1 Å². The first-order valence-electron chi connectivity index (χ1n) is 16.6. The van der Waals surface area contributed by atoms with Gasteiger partial charge in [-0.1, -0.05) is 65.1 Å². The molecule has 5 aromatic rings. The molecule has 0 atom stereocenters. The number of hydrogen-bond donors (Lipinski definition) is 3. The summed E-state index contributed by atoms with van der Waals surface area (Å²) in [6, 6.07) is 24.2. The second-order valence-electron chi connectivity index (χ2n) is 12.0. The molecule has 2 saturated heterocycles. The Morgan fingerprint density at radius 1 is 0.736 bits per heavy atom. The Morgan fingerprint density at radius 2 is 1.34 bits per heavy atom. The predicted octanol–water partition coefficient (Wildman–Crippen LogP) is 8.69. The molecule has 7 rings (SSSR count). The summed E-state index contributed by atoms with van der Waals surface area (Å²) in [5, 5.41) is 25.8. The fraction of sp³-hybridized carbons (Fsp3) is 0.289. The van der Waals surface area contributed by atoms with E-state index in [4.69, 9.17) is 39.5 Å².